The molecule has 0 spiro atoms. The van der Waals surface area contributed by atoms with Crippen LogP contribution in [0.15, 0.2) is 35.2 Å². The molecule has 3 fully saturated rings. The molecule has 1 aromatic carbocycles. The molecule has 4 heterocycles. The lowest BCUT2D eigenvalue weighted by atomic mass is 9.94. The second-order valence-electron chi connectivity index (χ2n) is 6.88. The van der Waals surface area contributed by atoms with Gasteiger partial charge >= 0.3 is 0 Å². The number of nitrogens with zero attached hydrogens (tertiary/aromatic N) is 4. The van der Waals surface area contributed by atoms with Gasteiger partial charge in [0.1, 0.15) is 0 Å². The lowest BCUT2D eigenvalue weighted by Crippen LogP contribution is -2.47. The fourth-order valence-electron chi connectivity index (χ4n) is 3.90. The van der Waals surface area contributed by atoms with Crippen molar-refractivity contribution in [3.8, 4) is 6.07 Å². The summed E-state index contributed by atoms with van der Waals surface area (Å²) in [6.45, 7) is 3.19. The first-order valence-electron chi connectivity index (χ1n) is 8.62. The number of aromatic nitrogens is 1. The molecule has 1 amide bonds. The van der Waals surface area contributed by atoms with Crippen LogP contribution in [0, 0.1) is 17.2 Å². The average molecular weight is 352 g/mol. The van der Waals surface area contributed by atoms with E-state index >= 15 is 0 Å². The van der Waals surface area contributed by atoms with E-state index in [9.17, 15) is 4.79 Å². The number of hydrogen-bond acceptors (Lipinski definition) is 5. The number of carbonyl (C=O) groups is 1. The van der Waals surface area contributed by atoms with E-state index in [2.05, 4.69) is 16.0 Å². The lowest BCUT2D eigenvalue weighted by Gasteiger charge is -2.35. The van der Waals surface area contributed by atoms with Gasteiger partial charge in [0.15, 0.2) is 0 Å². The topological polar surface area (TPSA) is 60.2 Å². The molecule has 2 aromatic rings. The minimum Gasteiger partial charge on any atom is -0.332 e. The van der Waals surface area contributed by atoms with Gasteiger partial charge in [0, 0.05) is 31.1 Å². The molecule has 25 heavy (non-hydrogen) atoms. The van der Waals surface area contributed by atoms with Gasteiger partial charge in [0.2, 0.25) is 5.91 Å². The zero-order valence-electron chi connectivity index (χ0n) is 14.0. The molecule has 0 saturated carbocycles. The largest absolute Gasteiger partial charge is 0.332 e. The number of carbonyl (C=O) groups excluding carboxylic acids is 1. The maximum absolute atomic E-state index is 12.9. The molecule has 128 valence electrons. The van der Waals surface area contributed by atoms with E-state index < -0.39 is 0 Å². The molecule has 2 atom stereocenters. The average Bonchev–Trinajstić information content (AvgIpc) is 3.01. The van der Waals surface area contributed by atoms with E-state index in [1.807, 2.05) is 40.1 Å². The summed E-state index contributed by atoms with van der Waals surface area (Å²) >= 11 is 1.58. The number of hydrogen-bond donors (Lipinski definition) is 0. The van der Waals surface area contributed by atoms with Gasteiger partial charge in [-0.1, -0.05) is 12.1 Å². The first-order valence-corrected chi connectivity index (χ1v) is 9.56. The Morgan fingerprint density at radius 1 is 1.20 bits per heavy atom. The van der Waals surface area contributed by atoms with Crippen LogP contribution < -0.4 is 0 Å². The molecule has 0 N–H and O–H groups in total. The van der Waals surface area contributed by atoms with E-state index in [1.165, 1.54) is 5.56 Å². The van der Waals surface area contributed by atoms with E-state index in [-0.39, 0.29) is 17.9 Å². The first kappa shape index (κ1) is 16.2. The molecule has 1 aromatic heterocycles. The van der Waals surface area contributed by atoms with Gasteiger partial charge in [-0.05, 0) is 30.5 Å². The van der Waals surface area contributed by atoms with E-state index in [0.29, 0.717) is 12.1 Å². The number of fused-ring (bicyclic) bond motifs is 4. The van der Waals surface area contributed by atoms with Crippen molar-refractivity contribution < 1.29 is 4.79 Å². The second-order valence-corrected chi connectivity index (χ2v) is 7.60. The molecule has 5 nitrogen and oxygen atoms in total. The molecular formula is C19H20N4OS. The zero-order valence-corrected chi connectivity index (χ0v) is 14.8. The minimum absolute atomic E-state index is 0.0933. The van der Waals surface area contributed by atoms with E-state index in [0.717, 1.165) is 38.2 Å². The van der Waals surface area contributed by atoms with Crippen LogP contribution in [0.2, 0.25) is 0 Å². The lowest BCUT2D eigenvalue weighted by molar-refractivity contribution is -0.140. The van der Waals surface area contributed by atoms with Crippen LogP contribution in [0.3, 0.4) is 0 Å². The molecule has 0 radical (unpaired) electrons. The predicted molar refractivity (Wildman–Crippen MR) is 95.6 cm³/mol. The molecule has 0 aliphatic carbocycles. The number of thiazole rings is 1. The van der Waals surface area contributed by atoms with Crippen molar-refractivity contribution in [2.75, 3.05) is 13.1 Å². The first-order chi connectivity index (χ1) is 12.2. The normalized spacial score (nSPS) is 23.5. The molecule has 3 saturated heterocycles. The molecule has 3 aliphatic heterocycles. The van der Waals surface area contributed by atoms with Crippen LogP contribution in [0.4, 0.5) is 0 Å². The van der Waals surface area contributed by atoms with E-state index in [4.69, 9.17) is 5.26 Å². The van der Waals surface area contributed by atoms with Crippen LogP contribution in [0.1, 0.15) is 29.7 Å². The molecule has 5 rings (SSSR count). The number of nitriles is 1. The summed E-state index contributed by atoms with van der Waals surface area (Å²) in [5.74, 6) is 0.377. The summed E-state index contributed by atoms with van der Waals surface area (Å²) in [7, 11) is 0. The van der Waals surface area contributed by atoms with Gasteiger partial charge < -0.3 is 4.90 Å². The maximum Gasteiger partial charge on any atom is 0.227 e. The van der Waals surface area contributed by atoms with Crippen molar-refractivity contribution in [1.82, 2.24) is 14.8 Å². The molecule has 0 unspecified atom stereocenters. The Hall–Kier alpha value is -2.23. The standard InChI is InChI=1S/C19H20N4OS/c20-7-14-1-3-15(4-2-14)8-22-9-16-5-6-18(11-22)23(19(16)24)10-17-12-25-13-21-17/h1-4,12-13,16,18H,5-6,8-11H2/t16-,18+/m1/s1. The van der Waals surface area contributed by atoms with Crippen molar-refractivity contribution in [1.29, 1.82) is 5.26 Å². The quantitative estimate of drug-likeness (QED) is 0.849. The minimum atomic E-state index is 0.0933. The van der Waals surface area contributed by atoms with Crippen LogP contribution in [0.25, 0.3) is 0 Å². The van der Waals surface area contributed by atoms with E-state index in [1.54, 1.807) is 11.3 Å². The zero-order chi connectivity index (χ0) is 17.2. The van der Waals surface area contributed by atoms with Crippen LogP contribution in [0.5, 0.6) is 0 Å². The SMILES string of the molecule is N#Cc1ccc(CN2C[C@H]3CC[C@@H](C2)N(Cc2cscn2)C3=O)cc1. The van der Waals surface area contributed by atoms with Crippen LogP contribution >= 0.6 is 11.3 Å². The van der Waals surface area contributed by atoms with Crippen molar-refractivity contribution in [2.24, 2.45) is 5.92 Å². The van der Waals surface area contributed by atoms with Crippen LogP contribution in [-0.4, -0.2) is 39.8 Å². The highest BCUT2D eigenvalue weighted by Gasteiger charge is 2.40. The monoisotopic (exact) mass is 352 g/mol. The summed E-state index contributed by atoms with van der Waals surface area (Å²) < 4.78 is 0. The Balaban J connectivity index is 1.48. The summed E-state index contributed by atoms with van der Waals surface area (Å²) in [5, 5.41) is 10.9. The molecule has 2 bridgehead atoms. The van der Waals surface area contributed by atoms with Gasteiger partial charge in [0.25, 0.3) is 0 Å². The molecule has 3 aliphatic rings. The van der Waals surface area contributed by atoms with Gasteiger partial charge in [-0.15, -0.1) is 11.3 Å². The highest BCUT2D eigenvalue weighted by atomic mass is 32.1. The Kier molecular flexibility index (Phi) is 4.51. The van der Waals surface area contributed by atoms with Crippen molar-refractivity contribution in [3.63, 3.8) is 0 Å². The third-order valence-electron chi connectivity index (χ3n) is 5.17. The second kappa shape index (κ2) is 6.95. The Morgan fingerprint density at radius 2 is 2.04 bits per heavy atom. The molecule has 6 heteroatoms. The Morgan fingerprint density at radius 3 is 2.76 bits per heavy atom. The van der Waals surface area contributed by atoms with Gasteiger partial charge in [0.05, 0.1) is 35.3 Å². The van der Waals surface area contributed by atoms with Gasteiger partial charge in [-0.3, -0.25) is 9.69 Å². The predicted octanol–water partition coefficient (Wildman–Crippen LogP) is 2.64. The van der Waals surface area contributed by atoms with Crippen molar-refractivity contribution in [2.45, 2.75) is 32.0 Å². The smallest absolute Gasteiger partial charge is 0.227 e. The fraction of sp³-hybridized carbons (Fsp3) is 0.421. The third kappa shape index (κ3) is 3.44. The summed E-state index contributed by atoms with van der Waals surface area (Å²) in [5.41, 5.74) is 4.69. The maximum atomic E-state index is 12.9. The highest BCUT2D eigenvalue weighted by molar-refractivity contribution is 7.07. The summed E-state index contributed by atoms with van der Waals surface area (Å²) in [6, 6.07) is 10.2. The van der Waals surface area contributed by atoms with Crippen molar-refractivity contribution in [3.05, 3.63) is 52.0 Å². The Bertz CT molecular complexity index is 781. The Labute approximate surface area is 151 Å². The summed E-state index contributed by atoms with van der Waals surface area (Å²) in [4.78, 5) is 21.6. The highest BCUT2D eigenvalue weighted by Crippen LogP contribution is 2.31. The number of benzene rings is 1. The number of piperidine rings is 1. The molecular weight excluding hydrogens is 332 g/mol. The number of amides is 1. The summed E-state index contributed by atoms with van der Waals surface area (Å²) in [6.07, 6.45) is 2.06. The third-order valence-corrected chi connectivity index (χ3v) is 5.81. The van der Waals surface area contributed by atoms with Gasteiger partial charge in [-0.25, -0.2) is 4.98 Å². The fourth-order valence-corrected chi connectivity index (χ4v) is 4.45. The van der Waals surface area contributed by atoms with Gasteiger partial charge in [-0.2, -0.15) is 5.26 Å². The van der Waals surface area contributed by atoms with Crippen molar-refractivity contribution >= 4 is 17.2 Å². The number of rotatable bonds is 4. The van der Waals surface area contributed by atoms with Crippen LogP contribution in [-0.2, 0) is 17.9 Å².